The molecule has 0 spiro atoms. The summed E-state index contributed by atoms with van der Waals surface area (Å²) in [4.78, 5) is 28.2. The average Bonchev–Trinajstić information content (AvgIpc) is 3.23. The molecule has 0 unspecified atom stereocenters. The number of hydrogen-bond donors (Lipinski definition) is 2. The molecule has 144 valence electrons. The quantitative estimate of drug-likeness (QED) is 0.639. The summed E-state index contributed by atoms with van der Waals surface area (Å²) in [7, 11) is 3.15. The summed E-state index contributed by atoms with van der Waals surface area (Å²) in [5, 5.41) is 7.72. The number of hydrogen-bond acceptors (Lipinski definition) is 6. The van der Waals surface area contributed by atoms with Gasteiger partial charge in [-0.25, -0.2) is 4.98 Å². The highest BCUT2D eigenvalue weighted by atomic mass is 32.1. The van der Waals surface area contributed by atoms with Gasteiger partial charge in [-0.05, 0) is 36.4 Å². The van der Waals surface area contributed by atoms with Gasteiger partial charge in [-0.1, -0.05) is 6.07 Å². The summed E-state index contributed by atoms with van der Waals surface area (Å²) >= 11 is 1.39. The molecule has 0 fully saturated rings. The number of ether oxygens (including phenoxy) is 2. The minimum atomic E-state index is -0.320. The van der Waals surface area contributed by atoms with Gasteiger partial charge in [0.05, 0.1) is 7.11 Å². The van der Waals surface area contributed by atoms with Crippen molar-refractivity contribution < 1.29 is 19.1 Å². The molecule has 7 nitrogen and oxygen atoms in total. The van der Waals surface area contributed by atoms with Crippen molar-refractivity contribution in [3.8, 4) is 22.1 Å². The number of thiazole rings is 1. The van der Waals surface area contributed by atoms with Crippen LogP contribution in [-0.2, 0) is 4.79 Å². The molecule has 0 aliphatic carbocycles. The second kappa shape index (κ2) is 9.01. The zero-order chi connectivity index (χ0) is 19.9. The number of anilines is 1. The van der Waals surface area contributed by atoms with E-state index in [-0.39, 0.29) is 18.4 Å². The number of amides is 2. The Kier molecular flexibility index (Phi) is 6.23. The number of likely N-dealkylation sites (N-methyl/N-ethyl adjacent to an activating group) is 1. The molecule has 8 heteroatoms. The molecule has 2 N–H and O–H groups in total. The van der Waals surface area contributed by atoms with Crippen LogP contribution in [0.25, 0.3) is 10.6 Å². The summed E-state index contributed by atoms with van der Waals surface area (Å²) in [6, 6.07) is 14.3. The Balaban J connectivity index is 1.66. The highest BCUT2D eigenvalue weighted by molar-refractivity contribution is 7.13. The van der Waals surface area contributed by atoms with Crippen LogP contribution in [0.3, 0.4) is 0 Å². The summed E-state index contributed by atoms with van der Waals surface area (Å²) in [6.45, 7) is -0.0921. The van der Waals surface area contributed by atoms with Crippen molar-refractivity contribution in [2.45, 2.75) is 0 Å². The maximum absolute atomic E-state index is 12.5. The van der Waals surface area contributed by atoms with E-state index in [0.717, 1.165) is 16.3 Å². The van der Waals surface area contributed by atoms with Gasteiger partial charge in [0, 0.05) is 29.7 Å². The van der Waals surface area contributed by atoms with Gasteiger partial charge >= 0.3 is 0 Å². The van der Waals surface area contributed by atoms with Gasteiger partial charge in [0.15, 0.2) is 6.61 Å². The first-order chi connectivity index (χ1) is 13.6. The molecule has 0 bridgehead atoms. The molecule has 0 saturated heterocycles. The van der Waals surface area contributed by atoms with E-state index in [1.54, 1.807) is 36.8 Å². The van der Waals surface area contributed by atoms with Crippen LogP contribution in [0.4, 0.5) is 5.69 Å². The second-order valence-electron chi connectivity index (χ2n) is 5.71. The average molecular weight is 397 g/mol. The number of carbonyl (C=O) groups excluding carboxylic acids is 2. The smallest absolute Gasteiger partial charge is 0.275 e. The molecule has 0 saturated carbocycles. The number of aromatic nitrogens is 1. The van der Waals surface area contributed by atoms with Crippen molar-refractivity contribution in [3.63, 3.8) is 0 Å². The Morgan fingerprint density at radius 3 is 2.61 bits per heavy atom. The molecule has 3 aromatic rings. The van der Waals surface area contributed by atoms with Crippen LogP contribution in [0.1, 0.15) is 10.5 Å². The second-order valence-corrected chi connectivity index (χ2v) is 6.57. The molecule has 2 amide bonds. The molecule has 0 aliphatic rings. The molecule has 1 heterocycles. The fourth-order valence-electron chi connectivity index (χ4n) is 2.32. The van der Waals surface area contributed by atoms with Crippen LogP contribution in [0, 0.1) is 0 Å². The SMILES string of the molecule is CNC(=O)COc1cccc(NC(=O)c2csc(-c3ccc(OC)cc3)n2)c1. The first-order valence-corrected chi connectivity index (χ1v) is 9.32. The lowest BCUT2D eigenvalue weighted by atomic mass is 10.2. The van der Waals surface area contributed by atoms with Gasteiger partial charge in [-0.15, -0.1) is 11.3 Å². The molecule has 2 aromatic carbocycles. The lowest BCUT2D eigenvalue weighted by molar-refractivity contribution is -0.122. The van der Waals surface area contributed by atoms with E-state index in [1.165, 1.54) is 18.4 Å². The Morgan fingerprint density at radius 2 is 1.89 bits per heavy atom. The van der Waals surface area contributed by atoms with E-state index in [4.69, 9.17) is 9.47 Å². The van der Waals surface area contributed by atoms with E-state index >= 15 is 0 Å². The Labute approximate surface area is 166 Å². The maximum Gasteiger partial charge on any atom is 0.275 e. The van der Waals surface area contributed by atoms with Gasteiger partial charge in [0.2, 0.25) is 0 Å². The fourth-order valence-corrected chi connectivity index (χ4v) is 3.13. The number of methoxy groups -OCH3 is 1. The van der Waals surface area contributed by atoms with Crippen molar-refractivity contribution in [2.75, 3.05) is 26.1 Å². The van der Waals surface area contributed by atoms with Crippen molar-refractivity contribution >= 4 is 28.8 Å². The van der Waals surface area contributed by atoms with E-state index in [9.17, 15) is 9.59 Å². The number of carbonyl (C=O) groups is 2. The first-order valence-electron chi connectivity index (χ1n) is 8.44. The monoisotopic (exact) mass is 397 g/mol. The molecular formula is C20H19N3O4S. The summed E-state index contributed by atoms with van der Waals surface area (Å²) < 4.78 is 10.5. The van der Waals surface area contributed by atoms with Crippen molar-refractivity contribution in [1.82, 2.24) is 10.3 Å². The molecule has 0 atom stereocenters. The van der Waals surface area contributed by atoms with Gasteiger partial charge in [0.25, 0.3) is 11.8 Å². The predicted molar refractivity (Wildman–Crippen MR) is 108 cm³/mol. The minimum Gasteiger partial charge on any atom is -0.497 e. The van der Waals surface area contributed by atoms with E-state index in [1.807, 2.05) is 24.3 Å². The summed E-state index contributed by atoms with van der Waals surface area (Å²) in [6.07, 6.45) is 0. The lowest BCUT2D eigenvalue weighted by Crippen LogP contribution is -2.24. The topological polar surface area (TPSA) is 89.6 Å². The first kappa shape index (κ1) is 19.4. The molecule has 3 rings (SSSR count). The lowest BCUT2D eigenvalue weighted by Gasteiger charge is -2.08. The molecule has 1 aromatic heterocycles. The van der Waals surface area contributed by atoms with Crippen molar-refractivity contribution in [1.29, 1.82) is 0 Å². The maximum atomic E-state index is 12.5. The number of benzene rings is 2. The Hall–Kier alpha value is -3.39. The third kappa shape index (κ3) is 4.86. The summed E-state index contributed by atoms with van der Waals surface area (Å²) in [5.41, 5.74) is 1.79. The highest BCUT2D eigenvalue weighted by Crippen LogP contribution is 2.26. The predicted octanol–water partition coefficient (Wildman–Crippen LogP) is 3.20. The minimum absolute atomic E-state index is 0.0921. The van der Waals surface area contributed by atoms with Crippen LogP contribution >= 0.6 is 11.3 Å². The number of rotatable bonds is 7. The normalized spacial score (nSPS) is 10.2. The van der Waals surface area contributed by atoms with Crippen LogP contribution in [0.15, 0.2) is 53.9 Å². The third-order valence-electron chi connectivity index (χ3n) is 3.81. The Morgan fingerprint density at radius 1 is 1.11 bits per heavy atom. The number of nitrogens with one attached hydrogen (secondary N) is 2. The molecule has 0 aliphatic heterocycles. The zero-order valence-electron chi connectivity index (χ0n) is 15.4. The molecule has 0 radical (unpaired) electrons. The van der Waals surface area contributed by atoms with Crippen LogP contribution in [0.5, 0.6) is 11.5 Å². The van der Waals surface area contributed by atoms with Crippen LogP contribution in [0.2, 0.25) is 0 Å². The Bertz CT molecular complexity index is 970. The fraction of sp³-hybridized carbons (Fsp3) is 0.150. The standard InChI is InChI=1S/C20H19N3O4S/c1-21-18(24)11-27-16-5-3-4-14(10-16)22-19(25)17-12-28-20(23-17)13-6-8-15(26-2)9-7-13/h3-10,12H,11H2,1-2H3,(H,21,24)(H,22,25). The van der Waals surface area contributed by atoms with Crippen LogP contribution in [-0.4, -0.2) is 37.6 Å². The van der Waals surface area contributed by atoms with Gasteiger partial charge < -0.3 is 20.1 Å². The van der Waals surface area contributed by atoms with E-state index < -0.39 is 0 Å². The molecule has 28 heavy (non-hydrogen) atoms. The molecular weight excluding hydrogens is 378 g/mol. The van der Waals surface area contributed by atoms with Crippen molar-refractivity contribution in [2.24, 2.45) is 0 Å². The third-order valence-corrected chi connectivity index (χ3v) is 4.71. The number of nitrogens with zero attached hydrogens (tertiary/aromatic N) is 1. The van der Waals surface area contributed by atoms with E-state index in [2.05, 4.69) is 15.6 Å². The van der Waals surface area contributed by atoms with Gasteiger partial charge in [-0.2, -0.15) is 0 Å². The van der Waals surface area contributed by atoms with Gasteiger partial charge in [0.1, 0.15) is 22.2 Å². The van der Waals surface area contributed by atoms with Crippen LogP contribution < -0.4 is 20.1 Å². The van der Waals surface area contributed by atoms with Crippen molar-refractivity contribution in [3.05, 3.63) is 59.6 Å². The zero-order valence-corrected chi connectivity index (χ0v) is 16.2. The van der Waals surface area contributed by atoms with Gasteiger partial charge in [-0.3, -0.25) is 9.59 Å². The summed E-state index contributed by atoms with van der Waals surface area (Å²) in [5.74, 6) is 0.692. The highest BCUT2D eigenvalue weighted by Gasteiger charge is 2.13. The largest absolute Gasteiger partial charge is 0.497 e. The van der Waals surface area contributed by atoms with E-state index in [0.29, 0.717) is 17.1 Å².